The van der Waals surface area contributed by atoms with Gasteiger partial charge in [0.2, 0.25) is 0 Å². The van der Waals surface area contributed by atoms with Crippen LogP contribution in [-0.4, -0.2) is 29.1 Å². The van der Waals surface area contributed by atoms with E-state index in [0.717, 1.165) is 42.8 Å². The summed E-state index contributed by atoms with van der Waals surface area (Å²) < 4.78 is 5.88. The molecule has 0 saturated carbocycles. The van der Waals surface area contributed by atoms with Crippen LogP contribution < -0.4 is 16.2 Å². The molecule has 1 aromatic heterocycles. The van der Waals surface area contributed by atoms with Gasteiger partial charge in [0.05, 0.1) is 12.2 Å². The molecule has 0 radical (unpaired) electrons. The third-order valence-corrected chi connectivity index (χ3v) is 3.24. The summed E-state index contributed by atoms with van der Waals surface area (Å²) in [6.07, 6.45) is 7.75. The van der Waals surface area contributed by atoms with Crippen LogP contribution in [0.2, 0.25) is 0 Å². The molecule has 0 bridgehead atoms. The van der Waals surface area contributed by atoms with Crippen molar-refractivity contribution in [1.82, 2.24) is 9.97 Å². The minimum absolute atomic E-state index is 0.165. The quantitative estimate of drug-likeness (QED) is 0.375. The van der Waals surface area contributed by atoms with Gasteiger partial charge in [-0.05, 0) is 31.4 Å². The van der Waals surface area contributed by atoms with Crippen LogP contribution in [-0.2, 0) is 0 Å². The van der Waals surface area contributed by atoms with E-state index in [4.69, 9.17) is 16.2 Å². The first-order valence-electron chi connectivity index (χ1n) is 7.54. The number of ether oxygens (including phenoxy) is 1. The molecule has 0 aliphatic heterocycles. The molecule has 22 heavy (non-hydrogen) atoms. The number of hydrogen-bond acceptors (Lipinski definition) is 3. The molecule has 2 aromatic rings. The number of rotatable bonds is 9. The van der Waals surface area contributed by atoms with Crippen LogP contribution in [0.3, 0.4) is 0 Å². The molecular formula is C16H23N5O. The van der Waals surface area contributed by atoms with Crippen molar-refractivity contribution >= 4 is 5.96 Å². The Bertz CT molecular complexity index is 576. The Morgan fingerprint density at radius 3 is 2.73 bits per heavy atom. The maximum Gasteiger partial charge on any atom is 0.185 e. The van der Waals surface area contributed by atoms with Crippen molar-refractivity contribution in [3.05, 3.63) is 36.7 Å². The molecule has 6 nitrogen and oxygen atoms in total. The second kappa shape index (κ2) is 8.71. The fraction of sp³-hybridized carbons (Fsp3) is 0.375. The summed E-state index contributed by atoms with van der Waals surface area (Å²) in [6, 6.07) is 7.92. The summed E-state index contributed by atoms with van der Waals surface area (Å²) in [6.45, 7) is 1.39. The van der Waals surface area contributed by atoms with Crippen molar-refractivity contribution in [3.63, 3.8) is 0 Å². The van der Waals surface area contributed by atoms with Crippen LogP contribution in [0.5, 0.6) is 5.75 Å². The zero-order valence-electron chi connectivity index (χ0n) is 12.7. The highest BCUT2D eigenvalue weighted by Gasteiger charge is 2.07. The number of unbranched alkanes of at least 4 members (excludes halogenated alkanes) is 3. The Labute approximate surface area is 130 Å². The highest BCUT2D eigenvalue weighted by Crippen LogP contribution is 2.27. The van der Waals surface area contributed by atoms with Gasteiger partial charge < -0.3 is 21.2 Å². The number of aromatic amines is 1. The van der Waals surface area contributed by atoms with E-state index in [2.05, 4.69) is 15.0 Å². The number of aromatic nitrogens is 2. The maximum absolute atomic E-state index is 5.88. The fourth-order valence-electron chi connectivity index (χ4n) is 2.16. The fourth-order valence-corrected chi connectivity index (χ4v) is 2.16. The average Bonchev–Trinajstić information content (AvgIpc) is 3.04. The molecule has 1 heterocycles. The number of guanidine groups is 1. The summed E-state index contributed by atoms with van der Waals surface area (Å²) in [7, 11) is 0. The highest BCUT2D eigenvalue weighted by molar-refractivity contribution is 5.75. The molecule has 0 unspecified atom stereocenters. The predicted molar refractivity (Wildman–Crippen MR) is 88.7 cm³/mol. The molecular weight excluding hydrogens is 278 g/mol. The van der Waals surface area contributed by atoms with Gasteiger partial charge in [-0.15, -0.1) is 0 Å². The number of benzene rings is 1. The molecule has 0 atom stereocenters. The number of nitrogens with two attached hydrogens (primary N) is 2. The molecule has 0 aliphatic rings. The summed E-state index contributed by atoms with van der Waals surface area (Å²) in [4.78, 5) is 11.3. The van der Waals surface area contributed by atoms with E-state index < -0.39 is 0 Å². The lowest BCUT2D eigenvalue weighted by molar-refractivity contribution is 0.306. The van der Waals surface area contributed by atoms with E-state index in [9.17, 15) is 0 Å². The number of para-hydroxylation sites is 1. The van der Waals surface area contributed by atoms with E-state index in [-0.39, 0.29) is 5.96 Å². The average molecular weight is 301 g/mol. The van der Waals surface area contributed by atoms with Gasteiger partial charge in [-0.25, -0.2) is 4.98 Å². The highest BCUT2D eigenvalue weighted by atomic mass is 16.5. The van der Waals surface area contributed by atoms with Crippen LogP contribution in [0.25, 0.3) is 11.4 Å². The smallest absolute Gasteiger partial charge is 0.185 e. The van der Waals surface area contributed by atoms with E-state index in [1.165, 1.54) is 0 Å². The minimum Gasteiger partial charge on any atom is -0.493 e. The number of hydrogen-bond donors (Lipinski definition) is 3. The molecule has 0 fully saturated rings. The number of aliphatic imine (C=N–C) groups is 1. The van der Waals surface area contributed by atoms with Gasteiger partial charge in [0.1, 0.15) is 11.6 Å². The van der Waals surface area contributed by atoms with Crippen LogP contribution in [0.1, 0.15) is 25.7 Å². The summed E-state index contributed by atoms with van der Waals surface area (Å²) in [5, 5.41) is 0. The van der Waals surface area contributed by atoms with Crippen LogP contribution in [0.15, 0.2) is 41.7 Å². The third kappa shape index (κ3) is 5.12. The minimum atomic E-state index is 0.165. The van der Waals surface area contributed by atoms with Crippen LogP contribution in [0, 0.1) is 0 Å². The first kappa shape index (κ1) is 15.9. The Morgan fingerprint density at radius 1 is 1.14 bits per heavy atom. The first-order valence-corrected chi connectivity index (χ1v) is 7.54. The van der Waals surface area contributed by atoms with Gasteiger partial charge in [-0.3, -0.25) is 4.99 Å². The summed E-state index contributed by atoms with van der Waals surface area (Å²) >= 11 is 0. The van der Waals surface area contributed by atoms with Crippen molar-refractivity contribution in [2.45, 2.75) is 25.7 Å². The summed E-state index contributed by atoms with van der Waals surface area (Å²) in [5.41, 5.74) is 11.5. The second-order valence-corrected chi connectivity index (χ2v) is 5.00. The topological polar surface area (TPSA) is 102 Å². The molecule has 0 spiro atoms. The first-order chi connectivity index (χ1) is 10.8. The summed E-state index contributed by atoms with van der Waals surface area (Å²) in [5.74, 6) is 1.85. The zero-order chi connectivity index (χ0) is 15.6. The van der Waals surface area contributed by atoms with Gasteiger partial charge in [-0.2, -0.15) is 0 Å². The lowest BCUT2D eigenvalue weighted by Crippen LogP contribution is -2.22. The molecule has 0 aliphatic carbocycles. The Morgan fingerprint density at radius 2 is 1.95 bits per heavy atom. The van der Waals surface area contributed by atoms with Crippen molar-refractivity contribution in [1.29, 1.82) is 0 Å². The normalized spacial score (nSPS) is 10.4. The largest absolute Gasteiger partial charge is 0.493 e. The van der Waals surface area contributed by atoms with Gasteiger partial charge in [0, 0.05) is 18.9 Å². The molecule has 0 amide bonds. The molecule has 5 N–H and O–H groups in total. The molecule has 2 rings (SSSR count). The number of nitrogens with one attached hydrogen (secondary N) is 1. The SMILES string of the molecule is NC(N)=NCCCCCCOc1ccccc1-c1ncc[nH]1. The standard InChI is InChI=1S/C16H23N5O/c17-16(18)21-9-5-1-2-6-12-22-14-8-4-3-7-13(14)15-19-10-11-20-15/h3-4,7-8,10-11H,1-2,5-6,9,12H2,(H,19,20)(H4,17,18,21). The van der Waals surface area contributed by atoms with Crippen molar-refractivity contribution in [3.8, 4) is 17.1 Å². The molecule has 6 heteroatoms. The van der Waals surface area contributed by atoms with Crippen molar-refractivity contribution in [2.24, 2.45) is 16.5 Å². The monoisotopic (exact) mass is 301 g/mol. The Balaban J connectivity index is 1.71. The molecule has 0 saturated heterocycles. The van der Waals surface area contributed by atoms with Crippen LogP contribution in [0.4, 0.5) is 0 Å². The van der Waals surface area contributed by atoms with E-state index in [1.807, 2.05) is 30.5 Å². The van der Waals surface area contributed by atoms with E-state index in [0.29, 0.717) is 13.2 Å². The van der Waals surface area contributed by atoms with Crippen LogP contribution >= 0.6 is 0 Å². The van der Waals surface area contributed by atoms with Gasteiger partial charge >= 0.3 is 0 Å². The van der Waals surface area contributed by atoms with Gasteiger partial charge in [0.15, 0.2) is 5.96 Å². The van der Waals surface area contributed by atoms with Gasteiger partial charge in [-0.1, -0.05) is 18.6 Å². The van der Waals surface area contributed by atoms with Crippen molar-refractivity contribution in [2.75, 3.05) is 13.2 Å². The number of H-pyrrole nitrogens is 1. The third-order valence-electron chi connectivity index (χ3n) is 3.24. The predicted octanol–water partition coefficient (Wildman–Crippen LogP) is 2.29. The molecule has 1 aromatic carbocycles. The Hall–Kier alpha value is -2.50. The Kier molecular flexibility index (Phi) is 6.29. The van der Waals surface area contributed by atoms with E-state index in [1.54, 1.807) is 6.20 Å². The lowest BCUT2D eigenvalue weighted by atomic mass is 10.2. The lowest BCUT2D eigenvalue weighted by Gasteiger charge is -2.09. The second-order valence-electron chi connectivity index (χ2n) is 5.00. The van der Waals surface area contributed by atoms with Gasteiger partial charge in [0.25, 0.3) is 0 Å². The zero-order valence-corrected chi connectivity index (χ0v) is 12.7. The van der Waals surface area contributed by atoms with Crippen molar-refractivity contribution < 1.29 is 4.74 Å². The molecule has 118 valence electrons. The maximum atomic E-state index is 5.88. The van der Waals surface area contributed by atoms with E-state index >= 15 is 0 Å². The number of imidazole rings is 1. The number of nitrogens with zero attached hydrogens (tertiary/aromatic N) is 2.